The van der Waals surface area contributed by atoms with E-state index in [0.29, 0.717) is 0 Å². The molecule has 0 aromatic heterocycles. The SMILES string of the molecule is CC(OC1CCCCCC1)C(=O)NC1CCCNC1. The number of nitrogens with one attached hydrogen (secondary N) is 2. The fraction of sp³-hybridized carbons (Fsp3) is 0.933. The van der Waals surface area contributed by atoms with Crippen molar-refractivity contribution in [3.05, 3.63) is 0 Å². The zero-order valence-corrected chi connectivity index (χ0v) is 12.1. The minimum atomic E-state index is -0.315. The van der Waals surface area contributed by atoms with Crippen molar-refractivity contribution in [2.24, 2.45) is 0 Å². The van der Waals surface area contributed by atoms with Crippen LogP contribution < -0.4 is 10.6 Å². The van der Waals surface area contributed by atoms with Gasteiger partial charge in [0, 0.05) is 12.6 Å². The molecule has 2 aliphatic rings. The topological polar surface area (TPSA) is 50.4 Å². The number of carbonyl (C=O) groups excluding carboxylic acids is 1. The molecule has 2 atom stereocenters. The van der Waals surface area contributed by atoms with Crippen molar-refractivity contribution in [2.45, 2.75) is 76.5 Å². The van der Waals surface area contributed by atoms with Gasteiger partial charge in [0.15, 0.2) is 0 Å². The van der Waals surface area contributed by atoms with Gasteiger partial charge in [-0.15, -0.1) is 0 Å². The van der Waals surface area contributed by atoms with Crippen molar-refractivity contribution in [3.8, 4) is 0 Å². The fourth-order valence-electron chi connectivity index (χ4n) is 3.02. The van der Waals surface area contributed by atoms with E-state index in [2.05, 4.69) is 10.6 Å². The Morgan fingerprint density at radius 3 is 2.53 bits per heavy atom. The van der Waals surface area contributed by atoms with Crippen LogP contribution >= 0.6 is 0 Å². The van der Waals surface area contributed by atoms with Gasteiger partial charge in [0.1, 0.15) is 6.10 Å². The largest absolute Gasteiger partial charge is 0.365 e. The molecule has 19 heavy (non-hydrogen) atoms. The van der Waals surface area contributed by atoms with Gasteiger partial charge < -0.3 is 15.4 Å². The highest BCUT2D eigenvalue weighted by molar-refractivity contribution is 5.80. The van der Waals surface area contributed by atoms with Gasteiger partial charge in [-0.2, -0.15) is 0 Å². The van der Waals surface area contributed by atoms with Crippen LogP contribution in [0.1, 0.15) is 58.3 Å². The lowest BCUT2D eigenvalue weighted by Crippen LogP contribution is -2.49. The summed E-state index contributed by atoms with van der Waals surface area (Å²) in [5.41, 5.74) is 0. The van der Waals surface area contributed by atoms with E-state index in [1.807, 2.05) is 6.92 Å². The molecule has 1 aliphatic heterocycles. The molecule has 2 fully saturated rings. The summed E-state index contributed by atoms with van der Waals surface area (Å²) in [4.78, 5) is 12.1. The first-order valence-electron chi connectivity index (χ1n) is 7.92. The lowest BCUT2D eigenvalue weighted by molar-refractivity contribution is -0.136. The Morgan fingerprint density at radius 2 is 1.89 bits per heavy atom. The Bertz CT molecular complexity index is 269. The summed E-state index contributed by atoms with van der Waals surface area (Å²) in [6, 6.07) is 0.279. The second kappa shape index (κ2) is 7.85. The Labute approximate surface area is 116 Å². The van der Waals surface area contributed by atoms with Crippen LogP contribution in [0.3, 0.4) is 0 Å². The first-order chi connectivity index (χ1) is 9.25. The number of rotatable bonds is 4. The average Bonchev–Trinajstić information content (AvgIpc) is 2.68. The highest BCUT2D eigenvalue weighted by Crippen LogP contribution is 2.21. The van der Waals surface area contributed by atoms with Crippen LogP contribution in [0.2, 0.25) is 0 Å². The van der Waals surface area contributed by atoms with E-state index in [4.69, 9.17) is 4.74 Å². The van der Waals surface area contributed by atoms with Crippen LogP contribution in [0, 0.1) is 0 Å². The first kappa shape index (κ1) is 14.8. The molecule has 1 aliphatic carbocycles. The van der Waals surface area contributed by atoms with E-state index in [1.165, 1.54) is 25.7 Å². The van der Waals surface area contributed by atoms with E-state index in [9.17, 15) is 4.79 Å². The van der Waals surface area contributed by atoms with Crippen molar-refractivity contribution in [1.29, 1.82) is 0 Å². The van der Waals surface area contributed by atoms with Crippen molar-refractivity contribution < 1.29 is 9.53 Å². The molecule has 1 heterocycles. The standard InChI is InChI=1S/C15H28N2O2/c1-12(19-14-8-4-2-3-5-9-14)15(18)17-13-7-6-10-16-11-13/h12-14,16H,2-11H2,1H3,(H,17,18). The predicted molar refractivity (Wildman–Crippen MR) is 76.1 cm³/mol. The molecule has 0 bridgehead atoms. The summed E-state index contributed by atoms with van der Waals surface area (Å²) in [5.74, 6) is 0.0537. The molecule has 4 heteroatoms. The predicted octanol–water partition coefficient (Wildman–Crippen LogP) is 1.98. The summed E-state index contributed by atoms with van der Waals surface area (Å²) in [7, 11) is 0. The van der Waals surface area contributed by atoms with E-state index in [1.54, 1.807) is 0 Å². The van der Waals surface area contributed by atoms with Crippen LogP contribution in [-0.4, -0.2) is 37.2 Å². The van der Waals surface area contributed by atoms with Gasteiger partial charge >= 0.3 is 0 Å². The molecule has 0 radical (unpaired) electrons. The maximum absolute atomic E-state index is 12.1. The summed E-state index contributed by atoms with van der Waals surface area (Å²) in [6.45, 7) is 3.85. The molecule has 0 aromatic carbocycles. The van der Waals surface area contributed by atoms with Gasteiger partial charge in [-0.05, 0) is 39.2 Å². The van der Waals surface area contributed by atoms with Gasteiger partial charge in [-0.3, -0.25) is 4.79 Å². The quantitative estimate of drug-likeness (QED) is 0.767. The average molecular weight is 268 g/mol. The fourth-order valence-corrected chi connectivity index (χ4v) is 3.02. The maximum atomic E-state index is 12.1. The molecule has 110 valence electrons. The van der Waals surface area contributed by atoms with Crippen molar-refractivity contribution >= 4 is 5.91 Å². The van der Waals surface area contributed by atoms with Gasteiger partial charge in [0.25, 0.3) is 0 Å². The Kier molecular flexibility index (Phi) is 6.11. The first-order valence-corrected chi connectivity index (χ1v) is 7.92. The Hall–Kier alpha value is -0.610. The second-order valence-electron chi connectivity index (χ2n) is 5.94. The number of carbonyl (C=O) groups is 1. The van der Waals surface area contributed by atoms with Gasteiger partial charge in [0.05, 0.1) is 6.10 Å². The number of piperidine rings is 1. The Morgan fingerprint density at radius 1 is 1.16 bits per heavy atom. The Balaban J connectivity index is 1.71. The lowest BCUT2D eigenvalue weighted by atomic mass is 10.1. The van der Waals surface area contributed by atoms with E-state index in [0.717, 1.165) is 38.8 Å². The van der Waals surface area contributed by atoms with Gasteiger partial charge in [-0.1, -0.05) is 25.7 Å². The summed E-state index contributed by atoms with van der Waals surface area (Å²) >= 11 is 0. The molecule has 4 nitrogen and oxygen atoms in total. The molecular weight excluding hydrogens is 240 g/mol. The van der Waals surface area contributed by atoms with Crippen LogP contribution in [0.4, 0.5) is 0 Å². The molecular formula is C15H28N2O2. The van der Waals surface area contributed by atoms with Crippen LogP contribution in [0.15, 0.2) is 0 Å². The summed E-state index contributed by atoms with van der Waals surface area (Å²) < 4.78 is 5.94. The van der Waals surface area contributed by atoms with E-state index in [-0.39, 0.29) is 24.2 Å². The smallest absolute Gasteiger partial charge is 0.249 e. The maximum Gasteiger partial charge on any atom is 0.249 e. The minimum absolute atomic E-state index is 0.0537. The highest BCUT2D eigenvalue weighted by atomic mass is 16.5. The van der Waals surface area contributed by atoms with Crippen LogP contribution in [0.25, 0.3) is 0 Å². The lowest BCUT2D eigenvalue weighted by Gasteiger charge is -2.26. The van der Waals surface area contributed by atoms with Crippen LogP contribution in [0.5, 0.6) is 0 Å². The second-order valence-corrected chi connectivity index (χ2v) is 5.94. The molecule has 0 aromatic rings. The van der Waals surface area contributed by atoms with Crippen LogP contribution in [-0.2, 0) is 9.53 Å². The molecule has 1 saturated carbocycles. The van der Waals surface area contributed by atoms with E-state index >= 15 is 0 Å². The molecule has 1 amide bonds. The third-order valence-corrected chi connectivity index (χ3v) is 4.21. The normalized spacial score (nSPS) is 27.5. The van der Waals surface area contributed by atoms with Gasteiger partial charge in [-0.25, -0.2) is 0 Å². The van der Waals surface area contributed by atoms with Gasteiger partial charge in [0.2, 0.25) is 5.91 Å². The molecule has 0 spiro atoms. The molecule has 2 rings (SSSR count). The summed E-state index contributed by atoms with van der Waals surface area (Å²) in [5, 5.41) is 6.41. The van der Waals surface area contributed by atoms with Crippen molar-refractivity contribution in [1.82, 2.24) is 10.6 Å². The molecule has 2 N–H and O–H groups in total. The zero-order valence-electron chi connectivity index (χ0n) is 12.1. The zero-order chi connectivity index (χ0) is 13.5. The highest BCUT2D eigenvalue weighted by Gasteiger charge is 2.23. The monoisotopic (exact) mass is 268 g/mol. The molecule has 2 unspecified atom stereocenters. The summed E-state index contributed by atoms with van der Waals surface area (Å²) in [6.07, 6.45) is 9.53. The van der Waals surface area contributed by atoms with Crippen molar-refractivity contribution in [3.63, 3.8) is 0 Å². The molecule has 1 saturated heterocycles. The number of ether oxygens (including phenoxy) is 1. The number of hydrogen-bond donors (Lipinski definition) is 2. The number of hydrogen-bond acceptors (Lipinski definition) is 3. The minimum Gasteiger partial charge on any atom is -0.365 e. The third-order valence-electron chi connectivity index (χ3n) is 4.21. The van der Waals surface area contributed by atoms with E-state index < -0.39 is 0 Å². The number of amides is 1. The third kappa shape index (κ3) is 5.11. The van der Waals surface area contributed by atoms with Crippen molar-refractivity contribution in [2.75, 3.05) is 13.1 Å².